The lowest BCUT2D eigenvalue weighted by atomic mass is 10.2. The Balaban J connectivity index is 1.82. The van der Waals surface area contributed by atoms with Crippen LogP contribution < -0.4 is 10.9 Å². The maximum atomic E-state index is 12.4. The summed E-state index contributed by atoms with van der Waals surface area (Å²) < 4.78 is 6.97. The molecule has 0 aliphatic rings. The zero-order valence-corrected chi connectivity index (χ0v) is 15.3. The summed E-state index contributed by atoms with van der Waals surface area (Å²) in [5, 5.41) is 4.26. The van der Waals surface area contributed by atoms with Gasteiger partial charge in [0.2, 0.25) is 5.43 Å². The fourth-order valence-electron chi connectivity index (χ4n) is 2.06. The molecule has 0 spiro atoms. The largest absolute Gasteiger partial charge is 0.463 e. The Morgan fingerprint density at radius 3 is 2.71 bits per heavy atom. The first-order chi connectivity index (χ1) is 11.5. The van der Waals surface area contributed by atoms with Gasteiger partial charge in [-0.3, -0.25) is 9.59 Å². The maximum absolute atomic E-state index is 12.4. The Morgan fingerprint density at radius 2 is 1.92 bits per heavy atom. The summed E-state index contributed by atoms with van der Waals surface area (Å²) in [6, 6.07) is 12.1. The quantitative estimate of drug-likeness (QED) is 0.483. The smallest absolute Gasteiger partial charge is 0.271 e. The molecule has 1 N–H and O–H groups in total. The number of fused-ring (bicyclic) bond motifs is 1. The highest BCUT2D eigenvalue weighted by Crippen LogP contribution is 2.17. The van der Waals surface area contributed by atoms with E-state index in [0.717, 1.165) is 8.95 Å². The minimum atomic E-state index is -0.375. The highest BCUT2D eigenvalue weighted by Gasteiger charge is 2.07. The van der Waals surface area contributed by atoms with E-state index in [2.05, 4.69) is 42.4 Å². The number of carbonyl (C=O) groups is 1. The van der Waals surface area contributed by atoms with Crippen LogP contribution in [0, 0.1) is 0 Å². The average Bonchev–Trinajstić information content (AvgIpc) is 2.57. The molecule has 0 fully saturated rings. The van der Waals surface area contributed by atoms with Gasteiger partial charge in [0.15, 0.2) is 0 Å². The number of rotatable bonds is 3. The summed E-state index contributed by atoms with van der Waals surface area (Å²) >= 11 is 6.62. The first kappa shape index (κ1) is 16.6. The van der Waals surface area contributed by atoms with Gasteiger partial charge in [0.05, 0.1) is 17.2 Å². The average molecular weight is 450 g/mol. The van der Waals surface area contributed by atoms with Crippen LogP contribution in [-0.2, 0) is 0 Å². The molecule has 0 radical (unpaired) electrons. The topological polar surface area (TPSA) is 71.7 Å². The van der Waals surface area contributed by atoms with E-state index in [0.29, 0.717) is 16.5 Å². The molecule has 0 aliphatic carbocycles. The summed E-state index contributed by atoms with van der Waals surface area (Å²) in [7, 11) is 0. The van der Waals surface area contributed by atoms with E-state index < -0.39 is 0 Å². The van der Waals surface area contributed by atoms with Gasteiger partial charge in [0.1, 0.15) is 11.8 Å². The van der Waals surface area contributed by atoms with E-state index in [1.54, 1.807) is 36.4 Å². The van der Waals surface area contributed by atoms with Crippen molar-refractivity contribution in [2.24, 2.45) is 5.10 Å². The van der Waals surface area contributed by atoms with Crippen molar-refractivity contribution >= 4 is 55.0 Å². The second-order valence-corrected chi connectivity index (χ2v) is 6.70. The van der Waals surface area contributed by atoms with Gasteiger partial charge in [-0.2, -0.15) is 5.10 Å². The van der Waals surface area contributed by atoms with Gasteiger partial charge in [0, 0.05) is 14.5 Å². The van der Waals surface area contributed by atoms with Crippen LogP contribution in [0.4, 0.5) is 0 Å². The second-order valence-electron chi connectivity index (χ2n) is 4.87. The summed E-state index contributed by atoms with van der Waals surface area (Å²) in [5.41, 5.74) is 3.34. The monoisotopic (exact) mass is 448 g/mol. The lowest BCUT2D eigenvalue weighted by Crippen LogP contribution is -2.18. The summed E-state index contributed by atoms with van der Waals surface area (Å²) in [6.45, 7) is 0. The van der Waals surface area contributed by atoms with Crippen molar-refractivity contribution < 1.29 is 9.21 Å². The third-order valence-corrected chi connectivity index (χ3v) is 4.20. The Labute approximate surface area is 153 Å². The minimum Gasteiger partial charge on any atom is -0.463 e. The maximum Gasteiger partial charge on any atom is 0.271 e. The molecule has 0 unspecified atom stereocenters. The number of nitrogens with one attached hydrogen (secondary N) is 1. The Morgan fingerprint density at radius 1 is 1.12 bits per heavy atom. The first-order valence-corrected chi connectivity index (χ1v) is 8.43. The molecule has 0 bridgehead atoms. The zero-order valence-electron chi connectivity index (χ0n) is 12.1. The molecule has 1 heterocycles. The second kappa shape index (κ2) is 7.11. The molecule has 3 rings (SSSR count). The van der Waals surface area contributed by atoms with E-state index in [9.17, 15) is 9.59 Å². The number of halogens is 2. The molecule has 0 atom stereocenters. The van der Waals surface area contributed by atoms with Gasteiger partial charge in [0.25, 0.3) is 5.91 Å². The van der Waals surface area contributed by atoms with E-state index >= 15 is 0 Å². The number of benzene rings is 2. The molecule has 1 aromatic heterocycles. The minimum absolute atomic E-state index is 0.224. The van der Waals surface area contributed by atoms with E-state index in [4.69, 9.17) is 4.42 Å². The first-order valence-electron chi connectivity index (χ1n) is 6.84. The fourth-order valence-corrected chi connectivity index (χ4v) is 2.82. The molecule has 1 amide bonds. The van der Waals surface area contributed by atoms with Crippen molar-refractivity contribution in [3.63, 3.8) is 0 Å². The molecule has 0 saturated carbocycles. The van der Waals surface area contributed by atoms with Crippen molar-refractivity contribution in [2.45, 2.75) is 0 Å². The van der Waals surface area contributed by atoms with Gasteiger partial charge in [-0.05, 0) is 36.4 Å². The van der Waals surface area contributed by atoms with Crippen LogP contribution in [0.25, 0.3) is 11.0 Å². The predicted molar refractivity (Wildman–Crippen MR) is 99.4 cm³/mol. The number of carbonyl (C=O) groups excluding carboxylic acids is 1. The van der Waals surface area contributed by atoms with Crippen LogP contribution >= 0.6 is 31.9 Å². The third kappa shape index (κ3) is 3.63. The number of hydrogen-bond acceptors (Lipinski definition) is 4. The van der Waals surface area contributed by atoms with E-state index in [1.807, 2.05) is 6.07 Å². The fraction of sp³-hybridized carbons (Fsp3) is 0. The van der Waals surface area contributed by atoms with Gasteiger partial charge in [-0.25, -0.2) is 5.43 Å². The van der Waals surface area contributed by atoms with Crippen molar-refractivity contribution in [3.8, 4) is 0 Å². The molecule has 3 aromatic rings. The van der Waals surface area contributed by atoms with Crippen LogP contribution in [0.2, 0.25) is 0 Å². The van der Waals surface area contributed by atoms with Gasteiger partial charge in [-0.15, -0.1) is 0 Å². The van der Waals surface area contributed by atoms with Crippen molar-refractivity contribution in [1.82, 2.24) is 5.43 Å². The van der Waals surface area contributed by atoms with Crippen LogP contribution in [0.15, 0.2) is 72.0 Å². The zero-order chi connectivity index (χ0) is 17.1. The lowest BCUT2D eigenvalue weighted by molar-refractivity contribution is 0.0955. The van der Waals surface area contributed by atoms with Gasteiger partial charge < -0.3 is 4.42 Å². The predicted octanol–water partition coefficient (Wildman–Crippen LogP) is 4.08. The molecular weight excluding hydrogens is 440 g/mol. The van der Waals surface area contributed by atoms with Crippen molar-refractivity contribution in [1.29, 1.82) is 0 Å². The highest BCUT2D eigenvalue weighted by molar-refractivity contribution is 9.10. The molecule has 5 nitrogen and oxygen atoms in total. The molecule has 0 saturated heterocycles. The van der Waals surface area contributed by atoms with Crippen LogP contribution in [0.3, 0.4) is 0 Å². The number of nitrogens with zero attached hydrogens (tertiary/aromatic N) is 1. The summed E-state index contributed by atoms with van der Waals surface area (Å²) in [4.78, 5) is 24.4. The molecule has 120 valence electrons. The lowest BCUT2D eigenvalue weighted by Gasteiger charge is -2.01. The van der Waals surface area contributed by atoms with Gasteiger partial charge in [-0.1, -0.05) is 37.9 Å². The Kier molecular flexibility index (Phi) is 4.92. The van der Waals surface area contributed by atoms with Crippen molar-refractivity contribution in [2.75, 3.05) is 0 Å². The van der Waals surface area contributed by atoms with Crippen LogP contribution in [0.1, 0.15) is 15.9 Å². The third-order valence-electron chi connectivity index (χ3n) is 3.22. The summed E-state index contributed by atoms with van der Waals surface area (Å²) in [6.07, 6.45) is 2.58. The SMILES string of the molecule is O=C(N/N=C/c1coc2ccc(Br)cc2c1=O)c1cccc(Br)c1. The normalized spacial score (nSPS) is 11.1. The number of hydrogen-bond donors (Lipinski definition) is 1. The number of hydrazone groups is 1. The summed E-state index contributed by atoms with van der Waals surface area (Å²) in [5.74, 6) is -0.375. The molecule has 2 aromatic carbocycles. The molecule has 0 aliphatic heterocycles. The van der Waals surface area contributed by atoms with Crippen molar-refractivity contribution in [3.05, 3.63) is 79.0 Å². The molecule has 7 heteroatoms. The van der Waals surface area contributed by atoms with Crippen LogP contribution in [-0.4, -0.2) is 12.1 Å². The van der Waals surface area contributed by atoms with E-state index in [-0.39, 0.29) is 16.9 Å². The molecular formula is C17H10Br2N2O3. The standard InChI is InChI=1S/C17H10Br2N2O3/c18-12-3-1-2-10(6-12)17(23)21-20-8-11-9-24-15-5-4-13(19)7-14(15)16(11)22/h1-9H,(H,21,23)/b20-8+. The Hall–Kier alpha value is -2.25. The van der Waals surface area contributed by atoms with Crippen LogP contribution in [0.5, 0.6) is 0 Å². The number of amides is 1. The van der Waals surface area contributed by atoms with E-state index in [1.165, 1.54) is 12.5 Å². The highest BCUT2D eigenvalue weighted by atomic mass is 79.9. The molecule has 24 heavy (non-hydrogen) atoms. The van der Waals surface area contributed by atoms with Gasteiger partial charge >= 0.3 is 0 Å². The Bertz CT molecular complexity index is 1010.